The van der Waals surface area contributed by atoms with Gasteiger partial charge in [0.05, 0.1) is 4.90 Å². The Labute approximate surface area is 106 Å². The average molecular weight is 272 g/mol. The molecule has 6 heteroatoms. The van der Waals surface area contributed by atoms with Crippen molar-refractivity contribution < 1.29 is 12.8 Å². The minimum Gasteiger partial charge on any atom is -0.329 e. The van der Waals surface area contributed by atoms with Gasteiger partial charge >= 0.3 is 0 Å². The molecule has 18 heavy (non-hydrogen) atoms. The van der Waals surface area contributed by atoms with E-state index in [-0.39, 0.29) is 11.4 Å². The summed E-state index contributed by atoms with van der Waals surface area (Å²) in [5.41, 5.74) is 5.12. The molecule has 4 nitrogen and oxygen atoms in total. The Morgan fingerprint density at radius 2 is 2.00 bits per heavy atom. The molecule has 1 aliphatic carbocycles. The number of benzene rings is 1. The number of hydrogen-bond acceptors (Lipinski definition) is 3. The van der Waals surface area contributed by atoms with Crippen LogP contribution in [0.2, 0.25) is 0 Å². The highest BCUT2D eigenvalue weighted by Gasteiger charge is 2.36. The molecule has 0 atom stereocenters. The van der Waals surface area contributed by atoms with E-state index in [1.165, 1.54) is 18.2 Å². The number of rotatable bonds is 4. The molecule has 1 saturated carbocycles. The summed E-state index contributed by atoms with van der Waals surface area (Å²) in [6.07, 6.45) is 3.39. The molecule has 1 aliphatic rings. The van der Waals surface area contributed by atoms with Crippen LogP contribution in [-0.2, 0) is 10.0 Å². The summed E-state index contributed by atoms with van der Waals surface area (Å²) in [6, 6.07) is 4.99. The standard InChI is InChI=1S/C12H17FN2O2S/c13-10-4-3-5-11(8-10)18(16,17)15-12(9-14)6-1-2-7-12/h3-5,8,15H,1-2,6-7,9,14H2. The minimum atomic E-state index is -3.71. The molecule has 100 valence electrons. The maximum atomic E-state index is 13.1. The lowest BCUT2D eigenvalue weighted by Gasteiger charge is -2.28. The SMILES string of the molecule is NCC1(NS(=O)(=O)c2cccc(F)c2)CCCC1. The van der Waals surface area contributed by atoms with Crippen LogP contribution >= 0.6 is 0 Å². The topological polar surface area (TPSA) is 72.2 Å². The molecule has 1 aromatic rings. The van der Waals surface area contributed by atoms with Crippen LogP contribution in [0.15, 0.2) is 29.2 Å². The second kappa shape index (κ2) is 4.95. The molecule has 0 spiro atoms. The molecule has 0 amide bonds. The van der Waals surface area contributed by atoms with Crippen LogP contribution in [0.3, 0.4) is 0 Å². The maximum Gasteiger partial charge on any atom is 0.241 e. The fraction of sp³-hybridized carbons (Fsp3) is 0.500. The quantitative estimate of drug-likeness (QED) is 0.869. The first kappa shape index (κ1) is 13.5. The molecule has 0 saturated heterocycles. The van der Waals surface area contributed by atoms with Gasteiger partial charge in [-0.05, 0) is 31.0 Å². The van der Waals surface area contributed by atoms with E-state index in [1.54, 1.807) is 0 Å². The molecule has 0 aliphatic heterocycles. The third-order valence-electron chi connectivity index (χ3n) is 3.41. The van der Waals surface area contributed by atoms with E-state index in [0.29, 0.717) is 0 Å². The zero-order chi connectivity index (χ0) is 13.2. The summed E-state index contributed by atoms with van der Waals surface area (Å²) < 4.78 is 40.1. The Balaban J connectivity index is 2.27. The smallest absolute Gasteiger partial charge is 0.241 e. The summed E-state index contributed by atoms with van der Waals surface area (Å²) in [5.74, 6) is -0.564. The monoisotopic (exact) mass is 272 g/mol. The van der Waals surface area contributed by atoms with Crippen LogP contribution in [0.25, 0.3) is 0 Å². The molecular formula is C12H17FN2O2S. The van der Waals surface area contributed by atoms with Crippen molar-refractivity contribution in [2.24, 2.45) is 5.73 Å². The first-order valence-corrected chi connectivity index (χ1v) is 7.45. The normalized spacial score (nSPS) is 19.0. The zero-order valence-corrected chi connectivity index (χ0v) is 10.8. The molecule has 2 rings (SSSR count). The molecule has 0 heterocycles. The summed E-state index contributed by atoms with van der Waals surface area (Å²) in [7, 11) is -3.71. The van der Waals surface area contributed by atoms with Gasteiger partial charge < -0.3 is 5.73 Å². The van der Waals surface area contributed by atoms with E-state index in [4.69, 9.17) is 5.73 Å². The largest absolute Gasteiger partial charge is 0.329 e. The van der Waals surface area contributed by atoms with Crippen LogP contribution in [-0.4, -0.2) is 20.5 Å². The Bertz CT molecular complexity index is 525. The Morgan fingerprint density at radius 3 is 2.56 bits per heavy atom. The molecule has 0 aromatic heterocycles. The van der Waals surface area contributed by atoms with Crippen LogP contribution in [0.1, 0.15) is 25.7 Å². The summed E-state index contributed by atoms with van der Waals surface area (Å²) in [6.45, 7) is 0.265. The van der Waals surface area contributed by atoms with E-state index in [2.05, 4.69) is 4.72 Å². The third-order valence-corrected chi connectivity index (χ3v) is 4.98. The van der Waals surface area contributed by atoms with Gasteiger partial charge in [-0.15, -0.1) is 0 Å². The van der Waals surface area contributed by atoms with Crippen molar-refractivity contribution in [2.75, 3.05) is 6.54 Å². The van der Waals surface area contributed by atoms with E-state index in [0.717, 1.165) is 31.7 Å². The van der Waals surface area contributed by atoms with Crippen molar-refractivity contribution in [3.8, 4) is 0 Å². The van der Waals surface area contributed by atoms with E-state index >= 15 is 0 Å². The number of halogens is 1. The van der Waals surface area contributed by atoms with E-state index in [9.17, 15) is 12.8 Å². The van der Waals surface area contributed by atoms with Gasteiger partial charge in [0.15, 0.2) is 0 Å². The van der Waals surface area contributed by atoms with Gasteiger partial charge in [-0.2, -0.15) is 0 Å². The fourth-order valence-electron chi connectivity index (χ4n) is 2.38. The van der Waals surface area contributed by atoms with Crippen LogP contribution in [0, 0.1) is 5.82 Å². The van der Waals surface area contributed by atoms with Crippen molar-refractivity contribution in [3.05, 3.63) is 30.1 Å². The van der Waals surface area contributed by atoms with Gasteiger partial charge in [0.1, 0.15) is 5.82 Å². The van der Waals surface area contributed by atoms with Crippen molar-refractivity contribution in [2.45, 2.75) is 36.1 Å². The highest BCUT2D eigenvalue weighted by atomic mass is 32.2. The van der Waals surface area contributed by atoms with Gasteiger partial charge in [-0.1, -0.05) is 18.9 Å². The molecule has 1 aromatic carbocycles. The van der Waals surface area contributed by atoms with Gasteiger partial charge in [-0.25, -0.2) is 17.5 Å². The average Bonchev–Trinajstić information content (AvgIpc) is 2.77. The van der Waals surface area contributed by atoms with E-state index in [1.807, 2.05) is 0 Å². The van der Waals surface area contributed by atoms with Gasteiger partial charge in [0.2, 0.25) is 10.0 Å². The van der Waals surface area contributed by atoms with Crippen LogP contribution in [0.4, 0.5) is 4.39 Å². The second-order valence-corrected chi connectivity index (χ2v) is 6.44. The highest BCUT2D eigenvalue weighted by Crippen LogP contribution is 2.30. The number of nitrogens with one attached hydrogen (secondary N) is 1. The van der Waals surface area contributed by atoms with Crippen molar-refractivity contribution in [3.63, 3.8) is 0 Å². The Hall–Kier alpha value is -0.980. The fourth-order valence-corrected chi connectivity index (χ4v) is 3.88. The predicted octanol–water partition coefficient (Wildman–Crippen LogP) is 1.38. The molecular weight excluding hydrogens is 255 g/mol. The van der Waals surface area contributed by atoms with E-state index < -0.39 is 21.4 Å². The minimum absolute atomic E-state index is 0.0535. The Morgan fingerprint density at radius 1 is 1.33 bits per heavy atom. The molecule has 0 bridgehead atoms. The molecule has 3 N–H and O–H groups in total. The second-order valence-electron chi connectivity index (χ2n) is 4.75. The first-order valence-electron chi connectivity index (χ1n) is 5.97. The lowest BCUT2D eigenvalue weighted by atomic mass is 10.0. The first-order chi connectivity index (χ1) is 8.47. The highest BCUT2D eigenvalue weighted by molar-refractivity contribution is 7.89. The maximum absolute atomic E-state index is 13.1. The third kappa shape index (κ3) is 2.71. The lowest BCUT2D eigenvalue weighted by Crippen LogP contribution is -2.51. The van der Waals surface area contributed by atoms with Gasteiger partial charge in [0, 0.05) is 12.1 Å². The van der Waals surface area contributed by atoms with Crippen molar-refractivity contribution in [1.82, 2.24) is 4.72 Å². The van der Waals surface area contributed by atoms with Crippen LogP contribution in [0.5, 0.6) is 0 Å². The number of sulfonamides is 1. The van der Waals surface area contributed by atoms with Crippen LogP contribution < -0.4 is 10.5 Å². The number of hydrogen-bond donors (Lipinski definition) is 2. The zero-order valence-electron chi connectivity index (χ0n) is 10.0. The van der Waals surface area contributed by atoms with Gasteiger partial charge in [-0.3, -0.25) is 0 Å². The molecule has 0 radical (unpaired) electrons. The Kier molecular flexibility index (Phi) is 3.70. The predicted molar refractivity (Wildman–Crippen MR) is 67.0 cm³/mol. The lowest BCUT2D eigenvalue weighted by molar-refractivity contribution is 0.399. The van der Waals surface area contributed by atoms with Crippen molar-refractivity contribution >= 4 is 10.0 Å². The molecule has 1 fully saturated rings. The molecule has 0 unspecified atom stereocenters. The van der Waals surface area contributed by atoms with Gasteiger partial charge in [0.25, 0.3) is 0 Å². The summed E-state index contributed by atoms with van der Waals surface area (Å²) in [4.78, 5) is -0.0535. The summed E-state index contributed by atoms with van der Waals surface area (Å²) in [5, 5.41) is 0. The van der Waals surface area contributed by atoms with Crippen molar-refractivity contribution in [1.29, 1.82) is 0 Å². The summed E-state index contributed by atoms with van der Waals surface area (Å²) >= 11 is 0. The number of nitrogens with two attached hydrogens (primary N) is 1.